The number of aliphatic hydroxyl groups excluding tert-OH is 7. The minimum atomic E-state index is -1.68. The minimum Gasteiger partial charge on any atom is -0.394 e. The maximum Gasteiger partial charge on any atom is 0.249 e. The fraction of sp³-hybridized carbons (Fsp3) is 0.843. The Morgan fingerprint density at radius 3 is 1.17 bits per heavy atom. The average molecular weight is 1140 g/mol. The van der Waals surface area contributed by atoms with Crippen molar-refractivity contribution in [2.24, 2.45) is 0 Å². The van der Waals surface area contributed by atoms with E-state index in [2.05, 4.69) is 79.9 Å². The van der Waals surface area contributed by atoms with Gasteiger partial charge in [-0.3, -0.25) is 4.79 Å². The van der Waals surface area contributed by atoms with E-state index in [-0.39, 0.29) is 12.8 Å². The number of nitrogens with one attached hydrogen (secondary N) is 1. The number of carbonyl (C=O) groups excluding carboxylic acids is 1. The molecule has 0 aliphatic carbocycles. The fourth-order valence-electron chi connectivity index (χ4n) is 10.7. The molecule has 0 aromatic heterocycles. The number of amides is 1. The lowest BCUT2D eigenvalue weighted by molar-refractivity contribution is -0.303. The van der Waals surface area contributed by atoms with Crippen LogP contribution in [0.4, 0.5) is 0 Å². The van der Waals surface area contributed by atoms with E-state index in [0.717, 1.165) is 64.2 Å². The molecule has 0 radical (unpaired) electrons. The molecule has 11 heteroatoms. The summed E-state index contributed by atoms with van der Waals surface area (Å²) in [6, 6.07) is -1.20. The summed E-state index contributed by atoms with van der Waals surface area (Å²) in [6.45, 7) is 3.47. The second-order valence-electron chi connectivity index (χ2n) is 23.9. The second-order valence-corrected chi connectivity index (χ2v) is 23.9. The van der Waals surface area contributed by atoms with Crippen molar-refractivity contribution < 1.29 is 50.0 Å². The minimum absolute atomic E-state index is 0.238. The predicted octanol–water partition coefficient (Wildman–Crippen LogP) is 16.1. The standard InChI is InChI=1S/C70H129NO10/c1-3-5-7-9-11-13-15-17-19-21-23-25-27-29-30-31-32-33-34-36-37-39-41-43-45-47-49-51-53-55-57-62(73)65(75)61(60-80-70-68(78)67(77)66(76)64(59-72)81-70)71-69(79)63(74)58-56-54-52-50-48-46-44-42-40-38-35-28-26-24-22-20-18-16-14-12-10-8-6-4-2/h24,26,34-36,38,41,43,49,51,61-68,70,72-78H,3-23,25,27-33,37,39-40,42,44-48,50,52-60H2,1-2H3,(H,71,79)/b26-24-,36-34+,38-35-,43-41+,51-49+. The first kappa shape index (κ1) is 76.8. The van der Waals surface area contributed by atoms with Crippen molar-refractivity contribution in [3.63, 3.8) is 0 Å². The SMILES string of the molecule is CCCCCCCCCCC/C=C\C/C=C\CCCCCCCCCCC(O)C(=O)NC(COC1OC(CO)C(O)C(O)C1O)C(O)C(O)CCC/C=C/CC/C=C/CC/C=C/CCCCCCCCCCCCCCCCCCC. The summed E-state index contributed by atoms with van der Waals surface area (Å²) in [6.07, 6.45) is 65.8. The molecule has 9 atom stereocenters. The Hall–Kier alpha value is -2.19. The molecule has 0 spiro atoms. The summed E-state index contributed by atoms with van der Waals surface area (Å²) in [5, 5.41) is 76.4. The molecular weight excluding hydrogens is 1010 g/mol. The Bertz CT molecular complexity index is 1500. The smallest absolute Gasteiger partial charge is 0.249 e. The van der Waals surface area contributed by atoms with E-state index in [4.69, 9.17) is 9.47 Å². The van der Waals surface area contributed by atoms with Crippen molar-refractivity contribution >= 4 is 5.91 Å². The summed E-state index contributed by atoms with van der Waals surface area (Å²) in [7, 11) is 0. The molecule has 0 saturated carbocycles. The zero-order chi connectivity index (χ0) is 58.9. The lowest BCUT2D eigenvalue weighted by Gasteiger charge is -2.40. The number of aliphatic hydroxyl groups is 7. The van der Waals surface area contributed by atoms with Gasteiger partial charge in [0.05, 0.1) is 25.4 Å². The van der Waals surface area contributed by atoms with E-state index in [1.165, 1.54) is 199 Å². The predicted molar refractivity (Wildman–Crippen MR) is 339 cm³/mol. The third-order valence-corrected chi connectivity index (χ3v) is 16.2. The zero-order valence-electron chi connectivity index (χ0n) is 52.3. The first-order valence-electron chi connectivity index (χ1n) is 34.2. The van der Waals surface area contributed by atoms with E-state index < -0.39 is 74.2 Å². The number of hydrogen-bond acceptors (Lipinski definition) is 10. The van der Waals surface area contributed by atoms with Gasteiger partial charge in [-0.05, 0) is 96.3 Å². The van der Waals surface area contributed by atoms with E-state index in [1.807, 2.05) is 0 Å². The largest absolute Gasteiger partial charge is 0.394 e. The number of rotatable bonds is 59. The van der Waals surface area contributed by atoms with Crippen LogP contribution >= 0.6 is 0 Å². The van der Waals surface area contributed by atoms with Crippen LogP contribution in [-0.4, -0.2) is 110 Å². The Morgan fingerprint density at radius 2 is 0.778 bits per heavy atom. The van der Waals surface area contributed by atoms with E-state index in [0.29, 0.717) is 19.3 Å². The number of ether oxygens (including phenoxy) is 2. The van der Waals surface area contributed by atoms with Gasteiger partial charge in [0.25, 0.3) is 0 Å². The molecule has 1 saturated heterocycles. The van der Waals surface area contributed by atoms with Crippen LogP contribution in [0.5, 0.6) is 0 Å². The van der Waals surface area contributed by atoms with Gasteiger partial charge in [0, 0.05) is 0 Å². The third-order valence-electron chi connectivity index (χ3n) is 16.2. The maximum absolute atomic E-state index is 13.2. The lowest BCUT2D eigenvalue weighted by atomic mass is 9.98. The molecule has 474 valence electrons. The van der Waals surface area contributed by atoms with Crippen molar-refractivity contribution in [3.8, 4) is 0 Å². The van der Waals surface area contributed by atoms with Crippen molar-refractivity contribution in [3.05, 3.63) is 60.8 Å². The Morgan fingerprint density at radius 1 is 0.432 bits per heavy atom. The molecule has 0 aromatic rings. The maximum atomic E-state index is 13.2. The molecule has 1 fully saturated rings. The molecule has 0 aromatic carbocycles. The van der Waals surface area contributed by atoms with Crippen molar-refractivity contribution in [2.45, 2.75) is 364 Å². The van der Waals surface area contributed by atoms with Crippen molar-refractivity contribution in [1.82, 2.24) is 5.32 Å². The number of allylic oxidation sites excluding steroid dienone is 10. The first-order valence-corrected chi connectivity index (χ1v) is 34.2. The number of carbonyl (C=O) groups is 1. The van der Waals surface area contributed by atoms with Crippen molar-refractivity contribution in [2.75, 3.05) is 13.2 Å². The second kappa shape index (κ2) is 58.2. The molecule has 1 aliphatic heterocycles. The van der Waals surface area contributed by atoms with Gasteiger partial charge in [-0.1, -0.05) is 274 Å². The number of unbranched alkanes of at least 4 members (excludes halogenated alkanes) is 37. The highest BCUT2D eigenvalue weighted by Gasteiger charge is 2.44. The average Bonchev–Trinajstić information content (AvgIpc) is 3.51. The molecule has 0 bridgehead atoms. The summed E-state index contributed by atoms with van der Waals surface area (Å²) >= 11 is 0. The monoisotopic (exact) mass is 1140 g/mol. The van der Waals surface area contributed by atoms with Crippen LogP contribution in [-0.2, 0) is 14.3 Å². The van der Waals surface area contributed by atoms with E-state index in [9.17, 15) is 40.5 Å². The van der Waals surface area contributed by atoms with Crippen molar-refractivity contribution in [1.29, 1.82) is 0 Å². The summed E-state index contributed by atoms with van der Waals surface area (Å²) in [5.41, 5.74) is 0. The summed E-state index contributed by atoms with van der Waals surface area (Å²) < 4.78 is 11.2. The molecule has 81 heavy (non-hydrogen) atoms. The van der Waals surface area contributed by atoms with Gasteiger partial charge in [0.15, 0.2) is 6.29 Å². The van der Waals surface area contributed by atoms with Gasteiger partial charge in [0.2, 0.25) is 5.91 Å². The summed E-state index contributed by atoms with van der Waals surface area (Å²) in [5.74, 6) is -0.716. The van der Waals surface area contributed by atoms with Crippen LogP contribution in [0.3, 0.4) is 0 Å². The van der Waals surface area contributed by atoms with Gasteiger partial charge in [-0.2, -0.15) is 0 Å². The van der Waals surface area contributed by atoms with Gasteiger partial charge < -0.3 is 50.5 Å². The first-order chi connectivity index (χ1) is 39.7. The molecule has 1 aliphatic rings. The lowest BCUT2D eigenvalue weighted by Crippen LogP contribution is -2.60. The Balaban J connectivity index is 2.27. The van der Waals surface area contributed by atoms with Gasteiger partial charge in [-0.25, -0.2) is 0 Å². The fourth-order valence-corrected chi connectivity index (χ4v) is 10.7. The summed E-state index contributed by atoms with van der Waals surface area (Å²) in [4.78, 5) is 13.2. The quantitative estimate of drug-likeness (QED) is 0.0215. The molecular formula is C70H129NO10. The van der Waals surface area contributed by atoms with Crippen LogP contribution in [0.15, 0.2) is 60.8 Å². The third kappa shape index (κ3) is 45.8. The highest BCUT2D eigenvalue weighted by atomic mass is 16.7. The number of hydrogen-bond donors (Lipinski definition) is 8. The van der Waals surface area contributed by atoms with Crippen LogP contribution in [0.1, 0.15) is 309 Å². The molecule has 8 N–H and O–H groups in total. The van der Waals surface area contributed by atoms with Gasteiger partial charge in [0.1, 0.15) is 36.6 Å². The highest BCUT2D eigenvalue weighted by molar-refractivity contribution is 5.80. The van der Waals surface area contributed by atoms with Gasteiger partial charge >= 0.3 is 0 Å². The molecule has 11 nitrogen and oxygen atoms in total. The van der Waals surface area contributed by atoms with Crippen LogP contribution < -0.4 is 5.32 Å². The van der Waals surface area contributed by atoms with Crippen LogP contribution in [0, 0.1) is 0 Å². The molecule has 1 heterocycles. The van der Waals surface area contributed by atoms with Crippen LogP contribution in [0.25, 0.3) is 0 Å². The van der Waals surface area contributed by atoms with Crippen LogP contribution in [0.2, 0.25) is 0 Å². The van der Waals surface area contributed by atoms with Gasteiger partial charge in [-0.15, -0.1) is 0 Å². The Labute approximate surface area is 497 Å². The molecule has 1 amide bonds. The molecule has 1 rings (SSSR count). The Kier molecular flexibility index (Phi) is 55.2. The van der Waals surface area contributed by atoms with E-state index >= 15 is 0 Å². The highest BCUT2D eigenvalue weighted by Crippen LogP contribution is 2.24. The normalized spacial score (nSPS) is 19.5. The zero-order valence-corrected chi connectivity index (χ0v) is 52.3. The molecule has 9 unspecified atom stereocenters. The van der Waals surface area contributed by atoms with E-state index in [1.54, 1.807) is 0 Å². The topological polar surface area (TPSA) is 189 Å².